The molecule has 2 aromatic heterocycles. The Morgan fingerprint density at radius 3 is 2.42 bits per heavy atom. The Balaban J connectivity index is 1.39. The highest BCUT2D eigenvalue weighted by Gasteiger charge is 2.38. The van der Waals surface area contributed by atoms with Gasteiger partial charge in [-0.2, -0.15) is 18.2 Å². The third kappa shape index (κ3) is 4.44. The first kappa shape index (κ1) is 20.6. The van der Waals surface area contributed by atoms with Crippen LogP contribution in [0.25, 0.3) is 11.4 Å². The van der Waals surface area contributed by atoms with E-state index in [9.17, 15) is 18.0 Å². The smallest absolute Gasteiger partial charge is 0.471 e. The minimum Gasteiger partial charge on any atom is -0.497 e. The molecule has 1 aliphatic heterocycles. The standard InChI is InChI=1S/C20H18F3N5O3/c1-30-15-6-7-24-16(12-15)27-8-10-28(11-9-27)18(29)14-4-2-13(3-5-14)17-25-19(31-26-17)20(21,22)23/h2-7,12H,8-11H2,1H3. The Morgan fingerprint density at radius 2 is 1.81 bits per heavy atom. The number of ether oxygens (including phenoxy) is 1. The van der Waals surface area contributed by atoms with Crippen molar-refractivity contribution in [2.24, 2.45) is 0 Å². The number of nitrogens with zero attached hydrogens (tertiary/aromatic N) is 5. The van der Waals surface area contributed by atoms with Crippen LogP contribution < -0.4 is 9.64 Å². The number of alkyl halides is 3. The molecule has 31 heavy (non-hydrogen) atoms. The van der Waals surface area contributed by atoms with Gasteiger partial charge in [-0.1, -0.05) is 17.3 Å². The van der Waals surface area contributed by atoms with Gasteiger partial charge in [-0.15, -0.1) is 0 Å². The molecule has 0 unspecified atom stereocenters. The Hall–Kier alpha value is -3.63. The summed E-state index contributed by atoms with van der Waals surface area (Å²) in [5.41, 5.74) is 0.751. The second kappa shape index (κ2) is 8.25. The van der Waals surface area contributed by atoms with E-state index in [1.54, 1.807) is 24.3 Å². The maximum atomic E-state index is 12.8. The van der Waals surface area contributed by atoms with E-state index in [0.29, 0.717) is 43.1 Å². The van der Waals surface area contributed by atoms with E-state index in [2.05, 4.69) is 24.5 Å². The largest absolute Gasteiger partial charge is 0.497 e. The van der Waals surface area contributed by atoms with Crippen LogP contribution in [0.15, 0.2) is 47.1 Å². The van der Waals surface area contributed by atoms with Gasteiger partial charge in [-0.25, -0.2) is 4.98 Å². The first-order valence-corrected chi connectivity index (χ1v) is 9.41. The zero-order valence-corrected chi connectivity index (χ0v) is 16.5. The van der Waals surface area contributed by atoms with Gasteiger partial charge >= 0.3 is 12.1 Å². The number of pyridine rings is 1. The minimum absolute atomic E-state index is 0.158. The topological polar surface area (TPSA) is 84.6 Å². The summed E-state index contributed by atoms with van der Waals surface area (Å²) in [6, 6.07) is 9.68. The van der Waals surface area contributed by atoms with Crippen LogP contribution in [-0.2, 0) is 6.18 Å². The maximum absolute atomic E-state index is 12.8. The molecule has 0 radical (unpaired) electrons. The van der Waals surface area contributed by atoms with Crippen molar-refractivity contribution in [3.63, 3.8) is 0 Å². The number of piperazine rings is 1. The molecule has 4 rings (SSSR count). The number of carbonyl (C=O) groups is 1. The van der Waals surface area contributed by atoms with Crippen molar-refractivity contribution in [1.29, 1.82) is 0 Å². The summed E-state index contributed by atoms with van der Waals surface area (Å²) in [4.78, 5) is 24.3. The van der Waals surface area contributed by atoms with Gasteiger partial charge in [0.15, 0.2) is 0 Å². The van der Waals surface area contributed by atoms with Crippen LogP contribution in [0.2, 0.25) is 0 Å². The third-order valence-corrected chi connectivity index (χ3v) is 4.90. The zero-order valence-electron chi connectivity index (χ0n) is 16.5. The van der Waals surface area contributed by atoms with E-state index >= 15 is 0 Å². The summed E-state index contributed by atoms with van der Waals surface area (Å²) in [6.07, 6.45) is -3.03. The van der Waals surface area contributed by atoms with Gasteiger partial charge < -0.3 is 19.1 Å². The van der Waals surface area contributed by atoms with Crippen molar-refractivity contribution >= 4 is 11.7 Å². The van der Waals surface area contributed by atoms with Crippen LogP contribution in [0.4, 0.5) is 19.0 Å². The predicted octanol–water partition coefficient (Wildman–Crippen LogP) is 3.12. The summed E-state index contributed by atoms with van der Waals surface area (Å²) in [7, 11) is 1.59. The van der Waals surface area contributed by atoms with Crippen molar-refractivity contribution in [3.05, 3.63) is 54.0 Å². The number of benzene rings is 1. The fourth-order valence-electron chi connectivity index (χ4n) is 3.24. The van der Waals surface area contributed by atoms with Crippen molar-refractivity contribution in [2.75, 3.05) is 38.2 Å². The average Bonchev–Trinajstić information content (AvgIpc) is 3.30. The molecule has 1 aliphatic rings. The molecule has 1 aromatic carbocycles. The number of hydrogen-bond donors (Lipinski definition) is 0. The van der Waals surface area contributed by atoms with E-state index in [4.69, 9.17) is 4.74 Å². The van der Waals surface area contributed by atoms with Gasteiger partial charge in [0.25, 0.3) is 5.91 Å². The maximum Gasteiger partial charge on any atom is 0.471 e. The lowest BCUT2D eigenvalue weighted by atomic mass is 10.1. The number of hydrogen-bond acceptors (Lipinski definition) is 7. The predicted molar refractivity (Wildman–Crippen MR) is 104 cm³/mol. The minimum atomic E-state index is -4.70. The monoisotopic (exact) mass is 433 g/mol. The van der Waals surface area contributed by atoms with Crippen LogP contribution >= 0.6 is 0 Å². The highest BCUT2D eigenvalue weighted by atomic mass is 19.4. The summed E-state index contributed by atoms with van der Waals surface area (Å²) >= 11 is 0. The lowest BCUT2D eigenvalue weighted by Crippen LogP contribution is -2.49. The zero-order chi connectivity index (χ0) is 22.0. The molecular formula is C20H18F3N5O3. The van der Waals surface area contributed by atoms with Crippen molar-refractivity contribution in [3.8, 4) is 17.1 Å². The van der Waals surface area contributed by atoms with E-state index in [0.717, 1.165) is 5.82 Å². The van der Waals surface area contributed by atoms with Crippen molar-refractivity contribution < 1.29 is 27.2 Å². The first-order chi connectivity index (χ1) is 14.8. The Morgan fingerprint density at radius 1 is 1.10 bits per heavy atom. The Bertz CT molecular complexity index is 1060. The molecule has 3 aromatic rings. The molecule has 11 heteroatoms. The number of anilines is 1. The average molecular weight is 433 g/mol. The van der Waals surface area contributed by atoms with Crippen molar-refractivity contribution in [1.82, 2.24) is 20.0 Å². The molecule has 8 nitrogen and oxygen atoms in total. The van der Waals surface area contributed by atoms with Crippen molar-refractivity contribution in [2.45, 2.75) is 6.18 Å². The molecule has 1 fully saturated rings. The highest BCUT2D eigenvalue weighted by molar-refractivity contribution is 5.94. The fourth-order valence-corrected chi connectivity index (χ4v) is 3.24. The van der Waals surface area contributed by atoms with Crippen LogP contribution in [0.1, 0.15) is 16.2 Å². The van der Waals surface area contributed by atoms with Crippen LogP contribution in [0, 0.1) is 0 Å². The molecule has 0 atom stereocenters. The second-order valence-electron chi connectivity index (χ2n) is 6.83. The van der Waals surface area contributed by atoms with E-state index in [1.807, 2.05) is 6.07 Å². The Kier molecular flexibility index (Phi) is 5.49. The number of methoxy groups -OCH3 is 1. The van der Waals surface area contributed by atoms with E-state index < -0.39 is 12.1 Å². The molecule has 3 heterocycles. The molecular weight excluding hydrogens is 415 g/mol. The molecule has 0 N–H and O–H groups in total. The number of halogens is 3. The number of rotatable bonds is 4. The lowest BCUT2D eigenvalue weighted by molar-refractivity contribution is -0.159. The lowest BCUT2D eigenvalue weighted by Gasteiger charge is -2.35. The summed E-state index contributed by atoms with van der Waals surface area (Å²) in [5.74, 6) is -0.257. The van der Waals surface area contributed by atoms with Crippen LogP contribution in [-0.4, -0.2) is 59.2 Å². The van der Waals surface area contributed by atoms with E-state index in [-0.39, 0.29) is 11.7 Å². The Labute approximate surface area is 175 Å². The van der Waals surface area contributed by atoms with Gasteiger partial charge in [0.1, 0.15) is 11.6 Å². The summed E-state index contributed by atoms with van der Waals surface area (Å²) in [5, 5.41) is 3.34. The van der Waals surface area contributed by atoms with E-state index in [1.165, 1.54) is 24.3 Å². The SMILES string of the molecule is COc1ccnc(N2CCN(C(=O)c3ccc(-c4noc(C(F)(F)F)n4)cc3)CC2)c1. The fraction of sp³-hybridized carbons (Fsp3) is 0.300. The van der Waals surface area contributed by atoms with Gasteiger partial charge in [0.2, 0.25) is 5.82 Å². The molecule has 0 aliphatic carbocycles. The number of amides is 1. The number of carbonyl (C=O) groups excluding carboxylic acids is 1. The molecule has 1 saturated heterocycles. The quantitative estimate of drug-likeness (QED) is 0.625. The third-order valence-electron chi connectivity index (χ3n) is 4.90. The summed E-state index contributed by atoms with van der Waals surface area (Å²) in [6.45, 7) is 2.26. The molecule has 0 bridgehead atoms. The molecule has 0 saturated carbocycles. The number of aromatic nitrogens is 3. The van der Waals surface area contributed by atoms with Gasteiger partial charge in [-0.05, 0) is 18.2 Å². The van der Waals surface area contributed by atoms with Crippen LogP contribution in [0.3, 0.4) is 0 Å². The normalized spacial score (nSPS) is 14.6. The van der Waals surface area contributed by atoms with Gasteiger partial charge in [0.05, 0.1) is 7.11 Å². The van der Waals surface area contributed by atoms with Gasteiger partial charge in [-0.3, -0.25) is 4.79 Å². The van der Waals surface area contributed by atoms with Gasteiger partial charge in [0, 0.05) is 49.6 Å². The first-order valence-electron chi connectivity index (χ1n) is 9.41. The molecule has 162 valence electrons. The molecule has 1 amide bonds. The van der Waals surface area contributed by atoms with Crippen LogP contribution in [0.5, 0.6) is 5.75 Å². The second-order valence-corrected chi connectivity index (χ2v) is 6.83. The highest BCUT2D eigenvalue weighted by Crippen LogP contribution is 2.29. The summed E-state index contributed by atoms with van der Waals surface area (Å²) < 4.78 is 47.3. The molecule has 0 spiro atoms.